The third-order valence-electron chi connectivity index (χ3n) is 3.07. The van der Waals surface area contributed by atoms with Crippen molar-refractivity contribution in [1.82, 2.24) is 0 Å². The van der Waals surface area contributed by atoms with Crippen LogP contribution in [0.1, 0.15) is 0 Å². The van der Waals surface area contributed by atoms with Crippen molar-refractivity contribution < 1.29 is 14.3 Å². The number of nitrogens with zero attached hydrogens (tertiary/aromatic N) is 2. The number of nitrogens with one attached hydrogen (secondary N) is 1. The number of non-ortho nitro benzene ring substituents is 1. The minimum Gasteiger partial charge on any atom is -0.399 e. The Balaban J connectivity index is 2.19. The molecule has 0 aliphatic rings. The van der Waals surface area contributed by atoms with Gasteiger partial charge in [-0.1, -0.05) is 18.2 Å². The molecule has 3 aromatic rings. The van der Waals surface area contributed by atoms with Crippen molar-refractivity contribution in [2.75, 3.05) is 5.32 Å². The van der Waals surface area contributed by atoms with E-state index in [-0.39, 0.29) is 22.3 Å². The van der Waals surface area contributed by atoms with Crippen LogP contribution in [0.25, 0.3) is 11.0 Å². The van der Waals surface area contributed by atoms with Gasteiger partial charge in [0, 0.05) is 17.8 Å². The molecule has 2 aromatic carbocycles. The van der Waals surface area contributed by atoms with Gasteiger partial charge in [-0.15, -0.1) is 0 Å². The SMILES string of the molecule is O=[N+]([O-])c1ccc2oc([N+](=O)[O-])c(Nc3ccccc3)c2c1. The van der Waals surface area contributed by atoms with Gasteiger partial charge in [0.05, 0.1) is 10.3 Å². The minimum absolute atomic E-state index is 0.0925. The van der Waals surface area contributed by atoms with Gasteiger partial charge in [0.15, 0.2) is 5.69 Å². The fourth-order valence-corrected chi connectivity index (χ4v) is 2.10. The summed E-state index contributed by atoms with van der Waals surface area (Å²) in [6.07, 6.45) is 0. The molecule has 1 N–H and O–H groups in total. The summed E-state index contributed by atoms with van der Waals surface area (Å²) < 4.78 is 5.18. The Kier molecular flexibility index (Phi) is 3.18. The van der Waals surface area contributed by atoms with Crippen LogP contribution < -0.4 is 5.32 Å². The van der Waals surface area contributed by atoms with E-state index in [0.29, 0.717) is 5.69 Å². The van der Waals surface area contributed by atoms with Gasteiger partial charge in [0.25, 0.3) is 5.69 Å². The van der Waals surface area contributed by atoms with Crippen LogP contribution in [0.2, 0.25) is 0 Å². The number of hydrogen-bond acceptors (Lipinski definition) is 6. The molecule has 8 heteroatoms. The Labute approximate surface area is 123 Å². The molecule has 0 aliphatic carbocycles. The average molecular weight is 299 g/mol. The first-order valence-corrected chi connectivity index (χ1v) is 6.23. The van der Waals surface area contributed by atoms with Crippen LogP contribution in [0.4, 0.5) is 22.9 Å². The van der Waals surface area contributed by atoms with E-state index in [1.165, 1.54) is 18.2 Å². The molecular formula is C14H9N3O5. The summed E-state index contributed by atoms with van der Waals surface area (Å²) >= 11 is 0. The highest BCUT2D eigenvalue weighted by molar-refractivity contribution is 5.98. The van der Waals surface area contributed by atoms with Crippen molar-refractivity contribution >= 4 is 33.9 Å². The molecule has 0 spiro atoms. The quantitative estimate of drug-likeness (QED) is 0.575. The van der Waals surface area contributed by atoms with Gasteiger partial charge in [0.1, 0.15) is 10.5 Å². The number of para-hydroxylation sites is 1. The first-order chi connectivity index (χ1) is 10.6. The molecule has 0 atom stereocenters. The number of anilines is 2. The lowest BCUT2D eigenvalue weighted by Gasteiger charge is -2.03. The number of nitro benzene ring substituents is 1. The molecular weight excluding hydrogens is 290 g/mol. The molecule has 1 aromatic heterocycles. The maximum absolute atomic E-state index is 11.1. The molecule has 8 nitrogen and oxygen atoms in total. The minimum atomic E-state index is -0.670. The van der Waals surface area contributed by atoms with E-state index in [0.717, 1.165) is 0 Å². The largest absolute Gasteiger partial charge is 0.458 e. The van der Waals surface area contributed by atoms with Crippen molar-refractivity contribution in [2.45, 2.75) is 0 Å². The summed E-state index contributed by atoms with van der Waals surface area (Å²) in [5.74, 6) is -0.487. The number of furan rings is 1. The van der Waals surface area contributed by atoms with Crippen molar-refractivity contribution in [3.8, 4) is 0 Å². The third-order valence-corrected chi connectivity index (χ3v) is 3.07. The van der Waals surface area contributed by atoms with E-state index < -0.39 is 15.7 Å². The van der Waals surface area contributed by atoms with Crippen molar-refractivity contribution in [2.24, 2.45) is 0 Å². The Morgan fingerprint density at radius 2 is 1.68 bits per heavy atom. The summed E-state index contributed by atoms with van der Waals surface area (Å²) in [5.41, 5.74) is 0.741. The molecule has 3 rings (SSSR count). The summed E-state index contributed by atoms with van der Waals surface area (Å²) in [6.45, 7) is 0. The maximum Gasteiger partial charge on any atom is 0.458 e. The molecule has 110 valence electrons. The molecule has 0 radical (unpaired) electrons. The van der Waals surface area contributed by atoms with E-state index >= 15 is 0 Å². The smallest absolute Gasteiger partial charge is 0.399 e. The predicted octanol–water partition coefficient (Wildman–Crippen LogP) is 3.99. The van der Waals surface area contributed by atoms with Crippen molar-refractivity contribution in [3.05, 3.63) is 68.8 Å². The topological polar surface area (TPSA) is 111 Å². The van der Waals surface area contributed by atoms with Gasteiger partial charge in [-0.25, -0.2) is 0 Å². The molecule has 0 fully saturated rings. The van der Waals surface area contributed by atoms with Crippen molar-refractivity contribution in [1.29, 1.82) is 0 Å². The first kappa shape index (κ1) is 13.6. The van der Waals surface area contributed by atoms with Gasteiger partial charge in [-0.2, -0.15) is 0 Å². The lowest BCUT2D eigenvalue weighted by atomic mass is 10.2. The van der Waals surface area contributed by atoms with Crippen LogP contribution >= 0.6 is 0 Å². The fourth-order valence-electron chi connectivity index (χ4n) is 2.10. The molecule has 0 aliphatic heterocycles. The van der Waals surface area contributed by atoms with E-state index in [4.69, 9.17) is 4.42 Å². The Morgan fingerprint density at radius 3 is 2.32 bits per heavy atom. The highest BCUT2D eigenvalue weighted by Crippen LogP contribution is 2.39. The predicted molar refractivity (Wildman–Crippen MR) is 79.2 cm³/mol. The summed E-state index contributed by atoms with van der Waals surface area (Å²) in [5, 5.41) is 25.2. The van der Waals surface area contributed by atoms with Gasteiger partial charge in [-0.3, -0.25) is 20.2 Å². The molecule has 0 amide bonds. The Hall–Kier alpha value is -3.42. The highest BCUT2D eigenvalue weighted by Gasteiger charge is 2.25. The molecule has 1 heterocycles. The molecule has 0 saturated heterocycles. The summed E-state index contributed by atoms with van der Waals surface area (Å²) in [6, 6.07) is 12.6. The maximum atomic E-state index is 11.1. The summed E-state index contributed by atoms with van der Waals surface area (Å²) in [4.78, 5) is 20.8. The normalized spacial score (nSPS) is 10.5. The lowest BCUT2D eigenvalue weighted by molar-refractivity contribution is -0.400. The van der Waals surface area contributed by atoms with Crippen LogP contribution in [0.3, 0.4) is 0 Å². The monoisotopic (exact) mass is 299 g/mol. The molecule has 22 heavy (non-hydrogen) atoms. The number of fused-ring (bicyclic) bond motifs is 1. The van der Waals surface area contributed by atoms with E-state index in [9.17, 15) is 20.2 Å². The number of nitro groups is 2. The second kappa shape index (κ2) is 5.17. The lowest BCUT2D eigenvalue weighted by Crippen LogP contribution is -1.94. The second-order valence-corrected chi connectivity index (χ2v) is 4.47. The van der Waals surface area contributed by atoms with Gasteiger partial charge in [0.2, 0.25) is 0 Å². The Morgan fingerprint density at radius 1 is 0.955 bits per heavy atom. The summed E-state index contributed by atoms with van der Waals surface area (Å²) in [7, 11) is 0. The third kappa shape index (κ3) is 2.33. The van der Waals surface area contributed by atoms with Gasteiger partial charge in [-0.05, 0) is 18.2 Å². The standard InChI is InChI=1S/C14H9N3O5/c18-16(19)10-6-7-12-11(8-10)13(14(22-12)17(20)21)15-9-4-2-1-3-5-9/h1-8,15H. The van der Waals surface area contributed by atoms with E-state index in [2.05, 4.69) is 5.32 Å². The van der Waals surface area contributed by atoms with E-state index in [1.807, 2.05) is 0 Å². The van der Waals surface area contributed by atoms with Crippen molar-refractivity contribution in [3.63, 3.8) is 0 Å². The zero-order chi connectivity index (χ0) is 15.7. The second-order valence-electron chi connectivity index (χ2n) is 4.47. The first-order valence-electron chi connectivity index (χ1n) is 6.23. The van der Waals surface area contributed by atoms with Crippen LogP contribution in [0, 0.1) is 20.2 Å². The van der Waals surface area contributed by atoms with Crippen LogP contribution in [-0.4, -0.2) is 9.85 Å². The van der Waals surface area contributed by atoms with Crippen LogP contribution in [-0.2, 0) is 0 Å². The fraction of sp³-hybridized carbons (Fsp3) is 0. The highest BCUT2D eigenvalue weighted by atomic mass is 16.6. The van der Waals surface area contributed by atoms with Gasteiger partial charge >= 0.3 is 5.88 Å². The number of hydrogen-bond donors (Lipinski definition) is 1. The zero-order valence-corrected chi connectivity index (χ0v) is 11.1. The Bertz CT molecular complexity index is 873. The number of rotatable bonds is 4. The van der Waals surface area contributed by atoms with E-state index in [1.54, 1.807) is 30.3 Å². The van der Waals surface area contributed by atoms with Gasteiger partial charge < -0.3 is 9.73 Å². The number of benzene rings is 2. The average Bonchev–Trinajstić information content (AvgIpc) is 2.86. The zero-order valence-electron chi connectivity index (χ0n) is 11.1. The molecule has 0 saturated carbocycles. The van der Waals surface area contributed by atoms with Crippen LogP contribution in [0.15, 0.2) is 52.9 Å². The molecule has 0 unspecified atom stereocenters. The molecule has 0 bridgehead atoms. The van der Waals surface area contributed by atoms with Crippen LogP contribution in [0.5, 0.6) is 0 Å².